The Labute approximate surface area is 358 Å². The van der Waals surface area contributed by atoms with Crippen LogP contribution in [0.25, 0.3) is 94.9 Å². The second-order valence-corrected chi connectivity index (χ2v) is 15.8. The highest BCUT2D eigenvalue weighted by Crippen LogP contribution is 2.42. The summed E-state index contributed by atoms with van der Waals surface area (Å²) in [6.45, 7) is 0. The van der Waals surface area contributed by atoms with Crippen LogP contribution >= 0.6 is 0 Å². The Morgan fingerprint density at radius 3 is 1.65 bits per heavy atom. The van der Waals surface area contributed by atoms with E-state index in [9.17, 15) is 0 Å². The van der Waals surface area contributed by atoms with Crippen LogP contribution in [0.4, 0.5) is 0 Å². The van der Waals surface area contributed by atoms with Crippen LogP contribution in [0, 0.1) is 0 Å². The fourth-order valence-electron chi connectivity index (χ4n) is 9.39. The van der Waals surface area contributed by atoms with Gasteiger partial charge >= 0.3 is 0 Å². The summed E-state index contributed by atoms with van der Waals surface area (Å²) in [7, 11) is 0. The molecule has 0 fully saturated rings. The van der Waals surface area contributed by atoms with Crippen molar-refractivity contribution in [3.05, 3.63) is 223 Å². The summed E-state index contributed by atoms with van der Waals surface area (Å²) >= 11 is 0. The van der Waals surface area contributed by atoms with Gasteiger partial charge in [-0.2, -0.15) is 0 Å². The van der Waals surface area contributed by atoms with E-state index in [-0.39, 0.29) is 0 Å². The number of hydrogen-bond donors (Lipinski definition) is 0. The molecule has 0 saturated heterocycles. The van der Waals surface area contributed by atoms with E-state index in [0.717, 1.165) is 57.4 Å². The average molecular weight is 795 g/mol. The van der Waals surface area contributed by atoms with Gasteiger partial charge in [-0.15, -0.1) is 0 Å². The zero-order valence-corrected chi connectivity index (χ0v) is 33.7. The molecule has 0 spiro atoms. The molecule has 0 amide bonds. The summed E-state index contributed by atoms with van der Waals surface area (Å²) in [5.41, 5.74) is 15.8. The zero-order valence-electron chi connectivity index (χ0n) is 33.7. The highest BCUT2D eigenvalue weighted by molar-refractivity contribution is 6.16. The number of hydrogen-bond acceptors (Lipinski definition) is 4. The van der Waals surface area contributed by atoms with Crippen LogP contribution in [0.1, 0.15) is 23.2 Å². The molecule has 0 radical (unpaired) electrons. The Balaban J connectivity index is 0.958. The van der Waals surface area contributed by atoms with Gasteiger partial charge in [0.2, 0.25) is 0 Å². The minimum Gasteiger partial charge on any atom is -0.313 e. The number of nitrogens with zero attached hydrogens (tertiary/aromatic N) is 6. The van der Waals surface area contributed by atoms with Gasteiger partial charge in [0.05, 0.1) is 16.6 Å². The maximum atomic E-state index is 5.00. The molecule has 12 rings (SSSR count). The number of allylic oxidation sites excluding steroid dienone is 1. The van der Waals surface area contributed by atoms with Gasteiger partial charge in [-0.25, -0.2) is 15.0 Å². The number of para-hydroxylation sites is 3. The van der Waals surface area contributed by atoms with Crippen molar-refractivity contribution in [1.82, 2.24) is 29.1 Å². The number of aromatic nitrogens is 6. The van der Waals surface area contributed by atoms with Gasteiger partial charge in [0.15, 0.2) is 17.5 Å². The molecule has 0 aliphatic heterocycles. The molecule has 6 nitrogen and oxygen atoms in total. The summed E-state index contributed by atoms with van der Waals surface area (Å²) in [6, 6.07) is 66.3. The third kappa shape index (κ3) is 5.95. The normalized spacial score (nSPS) is 12.5. The molecule has 0 saturated carbocycles. The minimum absolute atomic E-state index is 0.576. The number of rotatable bonds is 7. The Bertz CT molecular complexity index is 3440. The van der Waals surface area contributed by atoms with Crippen LogP contribution in [0.2, 0.25) is 0 Å². The van der Waals surface area contributed by atoms with Gasteiger partial charge in [0.1, 0.15) is 0 Å². The topological polar surface area (TPSA) is 61.4 Å². The predicted molar refractivity (Wildman–Crippen MR) is 252 cm³/mol. The van der Waals surface area contributed by atoms with Crippen molar-refractivity contribution in [3.63, 3.8) is 0 Å². The molecular formula is C56H38N6. The van der Waals surface area contributed by atoms with E-state index in [1.165, 1.54) is 49.8 Å². The molecule has 292 valence electrons. The molecule has 4 heterocycles. The fourth-order valence-corrected chi connectivity index (χ4v) is 9.39. The van der Waals surface area contributed by atoms with Gasteiger partial charge in [-0.1, -0.05) is 146 Å². The first kappa shape index (κ1) is 35.7. The summed E-state index contributed by atoms with van der Waals surface area (Å²) in [5, 5.41) is 3.64. The summed E-state index contributed by atoms with van der Waals surface area (Å²) < 4.78 is 4.85. The van der Waals surface area contributed by atoms with E-state index < -0.39 is 0 Å². The molecular weight excluding hydrogens is 757 g/mol. The number of pyridine rings is 1. The molecule has 0 unspecified atom stereocenters. The van der Waals surface area contributed by atoms with Crippen molar-refractivity contribution >= 4 is 38.3 Å². The highest BCUT2D eigenvalue weighted by Gasteiger charge is 2.25. The third-order valence-electron chi connectivity index (χ3n) is 12.1. The van der Waals surface area contributed by atoms with Crippen LogP contribution in [0.5, 0.6) is 0 Å². The zero-order chi connectivity index (χ0) is 41.0. The van der Waals surface area contributed by atoms with Gasteiger partial charge in [-0.3, -0.25) is 4.98 Å². The van der Waals surface area contributed by atoms with Crippen LogP contribution in [-0.2, 0) is 6.42 Å². The van der Waals surface area contributed by atoms with Crippen molar-refractivity contribution in [2.75, 3.05) is 0 Å². The predicted octanol–water partition coefficient (Wildman–Crippen LogP) is 13.4. The quantitative estimate of drug-likeness (QED) is 0.161. The van der Waals surface area contributed by atoms with E-state index in [2.05, 4.69) is 143 Å². The molecule has 1 aliphatic rings. The van der Waals surface area contributed by atoms with E-state index in [1.54, 1.807) is 0 Å². The molecule has 0 bridgehead atoms. The molecule has 4 aromatic heterocycles. The minimum atomic E-state index is 0.576. The van der Waals surface area contributed by atoms with Crippen LogP contribution in [0.15, 0.2) is 207 Å². The maximum absolute atomic E-state index is 5.00. The molecule has 11 aromatic rings. The lowest BCUT2D eigenvalue weighted by Crippen LogP contribution is -2.06. The van der Waals surface area contributed by atoms with Crippen LogP contribution in [-0.4, -0.2) is 29.1 Å². The number of fused-ring (bicyclic) bond motifs is 6. The Hall–Kier alpha value is -8.22. The molecule has 0 atom stereocenters. The summed E-state index contributed by atoms with van der Waals surface area (Å²) in [5.74, 6) is 1.82. The molecule has 1 aliphatic carbocycles. The van der Waals surface area contributed by atoms with Gasteiger partial charge < -0.3 is 9.13 Å². The summed E-state index contributed by atoms with van der Waals surface area (Å²) in [4.78, 5) is 19.7. The van der Waals surface area contributed by atoms with Crippen molar-refractivity contribution in [2.24, 2.45) is 0 Å². The van der Waals surface area contributed by atoms with E-state index in [0.29, 0.717) is 17.5 Å². The average Bonchev–Trinajstić information content (AvgIpc) is 3.88. The van der Waals surface area contributed by atoms with Crippen LogP contribution < -0.4 is 0 Å². The molecule has 6 heteroatoms. The van der Waals surface area contributed by atoms with Gasteiger partial charge in [-0.05, 0) is 78.1 Å². The SMILES string of the molecule is C1=C(c2ccc(-n3c4ccccc4c4c(-c5cncc(-c6nc(-c7ccccc7)nc(-c7ccccc7)n6)c5)cccc43)cc2)c2c(n(-c3ccccc3)c3ccccc23)CC1. The van der Waals surface area contributed by atoms with Gasteiger partial charge in [0, 0.05) is 73.4 Å². The molecule has 7 aromatic carbocycles. The van der Waals surface area contributed by atoms with E-state index >= 15 is 0 Å². The number of benzene rings is 7. The second-order valence-electron chi connectivity index (χ2n) is 15.8. The fraction of sp³-hybridized carbons (Fsp3) is 0.0357. The monoisotopic (exact) mass is 794 g/mol. The second kappa shape index (κ2) is 14.8. The molecule has 62 heavy (non-hydrogen) atoms. The first-order valence-corrected chi connectivity index (χ1v) is 21.1. The lowest BCUT2D eigenvalue weighted by atomic mass is 9.89. The van der Waals surface area contributed by atoms with Crippen molar-refractivity contribution in [3.8, 4) is 56.7 Å². The largest absolute Gasteiger partial charge is 0.313 e. The van der Waals surface area contributed by atoms with E-state index in [4.69, 9.17) is 19.9 Å². The highest BCUT2D eigenvalue weighted by atomic mass is 15.0. The third-order valence-corrected chi connectivity index (χ3v) is 12.1. The standard InChI is InChI=1S/C56H38N6/c1-4-16-38(17-5-1)54-58-55(39-18-6-2-7-19-39)60-56(59-54)41-34-40(35-57-36-41)45-25-15-29-51-53(45)47-23-11-13-27-49(47)62(51)43-32-30-37(31-33-43)44-24-14-28-50-52(44)46-22-10-12-26-48(46)61(50)42-20-8-3-9-21-42/h1-13,15-27,29-36H,14,28H2. The summed E-state index contributed by atoms with van der Waals surface area (Å²) in [6.07, 6.45) is 8.21. The lowest BCUT2D eigenvalue weighted by Gasteiger charge is -2.18. The first-order chi connectivity index (χ1) is 30.8. The molecule has 0 N–H and O–H groups in total. The Morgan fingerprint density at radius 2 is 0.952 bits per heavy atom. The van der Waals surface area contributed by atoms with Crippen LogP contribution in [0.3, 0.4) is 0 Å². The van der Waals surface area contributed by atoms with Gasteiger partial charge in [0.25, 0.3) is 0 Å². The van der Waals surface area contributed by atoms with Crippen molar-refractivity contribution < 1.29 is 0 Å². The first-order valence-electron chi connectivity index (χ1n) is 21.1. The lowest BCUT2D eigenvalue weighted by molar-refractivity contribution is 0.884. The maximum Gasteiger partial charge on any atom is 0.165 e. The van der Waals surface area contributed by atoms with Crippen molar-refractivity contribution in [1.29, 1.82) is 0 Å². The Morgan fingerprint density at radius 1 is 0.403 bits per heavy atom. The smallest absolute Gasteiger partial charge is 0.165 e. The van der Waals surface area contributed by atoms with Crippen molar-refractivity contribution in [2.45, 2.75) is 12.8 Å². The Kier molecular flexibility index (Phi) is 8.52. The van der Waals surface area contributed by atoms with E-state index in [1.807, 2.05) is 73.1 Å².